The standard InChI is InChI=1S/C15H22N2O2/c1-19-15(18)14(12-5-3-2-4-6-12)11-17-9-7-13(16)8-10-17/h2-6,13-14H,7-11,16H2,1H3. The Morgan fingerprint density at radius 1 is 1.37 bits per heavy atom. The minimum Gasteiger partial charge on any atom is -0.469 e. The molecule has 0 spiro atoms. The van der Waals surface area contributed by atoms with Crippen molar-refractivity contribution in [2.45, 2.75) is 24.8 Å². The maximum atomic E-state index is 12.0. The normalized spacial score (nSPS) is 19.1. The molecule has 4 heteroatoms. The van der Waals surface area contributed by atoms with E-state index in [0.717, 1.165) is 31.5 Å². The number of rotatable bonds is 4. The lowest BCUT2D eigenvalue weighted by atomic mass is 9.97. The summed E-state index contributed by atoms with van der Waals surface area (Å²) in [5.74, 6) is -0.374. The van der Waals surface area contributed by atoms with Crippen LogP contribution in [-0.4, -0.2) is 43.7 Å². The zero-order valence-corrected chi connectivity index (χ0v) is 11.4. The van der Waals surface area contributed by atoms with Crippen LogP contribution < -0.4 is 5.73 Å². The molecule has 104 valence electrons. The van der Waals surface area contributed by atoms with Gasteiger partial charge in [0.05, 0.1) is 13.0 Å². The van der Waals surface area contributed by atoms with Crippen LogP contribution in [0.15, 0.2) is 30.3 Å². The summed E-state index contributed by atoms with van der Waals surface area (Å²) < 4.78 is 4.94. The molecule has 1 saturated heterocycles. The highest BCUT2D eigenvalue weighted by molar-refractivity contribution is 5.78. The number of hydrogen-bond donors (Lipinski definition) is 1. The minimum atomic E-state index is -0.208. The molecule has 0 saturated carbocycles. The second kappa shape index (κ2) is 6.68. The third-order valence-electron chi connectivity index (χ3n) is 3.76. The average molecular weight is 262 g/mol. The maximum Gasteiger partial charge on any atom is 0.314 e. The van der Waals surface area contributed by atoms with Gasteiger partial charge in [0.2, 0.25) is 0 Å². The van der Waals surface area contributed by atoms with E-state index in [0.29, 0.717) is 12.6 Å². The number of carbonyl (C=O) groups excluding carboxylic acids is 1. The first-order valence-electron chi connectivity index (χ1n) is 6.81. The minimum absolute atomic E-state index is 0.166. The molecule has 1 aromatic carbocycles. The number of nitrogens with two attached hydrogens (primary N) is 1. The van der Waals surface area contributed by atoms with Gasteiger partial charge in [0.1, 0.15) is 0 Å². The Hall–Kier alpha value is -1.39. The van der Waals surface area contributed by atoms with Crippen LogP contribution in [0.3, 0.4) is 0 Å². The second-order valence-corrected chi connectivity index (χ2v) is 5.12. The van der Waals surface area contributed by atoms with Crippen LogP contribution in [-0.2, 0) is 9.53 Å². The van der Waals surface area contributed by atoms with Crippen molar-refractivity contribution in [2.75, 3.05) is 26.7 Å². The Morgan fingerprint density at radius 2 is 2.00 bits per heavy atom. The van der Waals surface area contributed by atoms with E-state index in [9.17, 15) is 4.79 Å². The van der Waals surface area contributed by atoms with Crippen molar-refractivity contribution in [3.05, 3.63) is 35.9 Å². The molecule has 1 atom stereocenters. The van der Waals surface area contributed by atoms with Gasteiger partial charge >= 0.3 is 5.97 Å². The molecule has 0 radical (unpaired) electrons. The van der Waals surface area contributed by atoms with E-state index in [-0.39, 0.29) is 11.9 Å². The fourth-order valence-electron chi connectivity index (χ4n) is 2.54. The highest BCUT2D eigenvalue weighted by atomic mass is 16.5. The van der Waals surface area contributed by atoms with Crippen molar-refractivity contribution >= 4 is 5.97 Å². The molecular weight excluding hydrogens is 240 g/mol. The molecule has 2 N–H and O–H groups in total. The maximum absolute atomic E-state index is 12.0. The monoisotopic (exact) mass is 262 g/mol. The number of piperidine rings is 1. The highest BCUT2D eigenvalue weighted by Gasteiger charge is 2.26. The highest BCUT2D eigenvalue weighted by Crippen LogP contribution is 2.20. The molecule has 1 aliphatic rings. The number of nitrogens with zero attached hydrogens (tertiary/aromatic N) is 1. The van der Waals surface area contributed by atoms with Crippen molar-refractivity contribution < 1.29 is 9.53 Å². The summed E-state index contributed by atoms with van der Waals surface area (Å²) in [4.78, 5) is 14.3. The first-order chi connectivity index (χ1) is 9.20. The summed E-state index contributed by atoms with van der Waals surface area (Å²) in [6.45, 7) is 2.63. The molecular formula is C15H22N2O2. The molecule has 1 fully saturated rings. The summed E-state index contributed by atoms with van der Waals surface area (Å²) in [5, 5.41) is 0. The van der Waals surface area contributed by atoms with Gasteiger partial charge in [-0.1, -0.05) is 30.3 Å². The van der Waals surface area contributed by atoms with E-state index < -0.39 is 0 Å². The third kappa shape index (κ3) is 3.78. The number of hydrogen-bond acceptors (Lipinski definition) is 4. The summed E-state index contributed by atoms with van der Waals surface area (Å²) >= 11 is 0. The fourth-order valence-corrected chi connectivity index (χ4v) is 2.54. The smallest absolute Gasteiger partial charge is 0.314 e. The van der Waals surface area contributed by atoms with Crippen LogP contribution in [0.5, 0.6) is 0 Å². The van der Waals surface area contributed by atoms with Gasteiger partial charge in [0, 0.05) is 12.6 Å². The molecule has 1 heterocycles. The van der Waals surface area contributed by atoms with E-state index in [1.807, 2.05) is 30.3 Å². The van der Waals surface area contributed by atoms with Crippen molar-refractivity contribution in [2.24, 2.45) is 5.73 Å². The summed E-state index contributed by atoms with van der Waals surface area (Å²) in [5.41, 5.74) is 6.92. The van der Waals surface area contributed by atoms with E-state index in [1.54, 1.807) is 0 Å². The first-order valence-corrected chi connectivity index (χ1v) is 6.81. The largest absolute Gasteiger partial charge is 0.469 e. The lowest BCUT2D eigenvalue weighted by molar-refractivity contribution is -0.143. The third-order valence-corrected chi connectivity index (χ3v) is 3.76. The number of methoxy groups -OCH3 is 1. The number of likely N-dealkylation sites (tertiary alicyclic amines) is 1. The average Bonchev–Trinajstić information content (AvgIpc) is 2.47. The Bertz CT molecular complexity index is 400. The molecule has 0 amide bonds. The van der Waals surface area contributed by atoms with E-state index in [4.69, 9.17) is 10.5 Å². The lowest BCUT2D eigenvalue weighted by Gasteiger charge is -2.32. The van der Waals surface area contributed by atoms with E-state index >= 15 is 0 Å². The molecule has 2 rings (SSSR count). The molecule has 1 aliphatic heterocycles. The van der Waals surface area contributed by atoms with Crippen LogP contribution in [0.2, 0.25) is 0 Å². The predicted molar refractivity (Wildman–Crippen MR) is 74.8 cm³/mol. The molecule has 4 nitrogen and oxygen atoms in total. The Balaban J connectivity index is 2.05. The zero-order chi connectivity index (χ0) is 13.7. The topological polar surface area (TPSA) is 55.6 Å². The Kier molecular flexibility index (Phi) is 4.93. The van der Waals surface area contributed by atoms with Crippen molar-refractivity contribution in [1.82, 2.24) is 4.90 Å². The van der Waals surface area contributed by atoms with Gasteiger partial charge in [-0.15, -0.1) is 0 Å². The van der Waals surface area contributed by atoms with Gasteiger partial charge in [-0.3, -0.25) is 4.79 Å². The van der Waals surface area contributed by atoms with Gasteiger partial charge in [-0.25, -0.2) is 0 Å². The molecule has 0 aromatic heterocycles. The lowest BCUT2D eigenvalue weighted by Crippen LogP contribution is -2.42. The van der Waals surface area contributed by atoms with Crippen LogP contribution in [0.1, 0.15) is 24.3 Å². The van der Waals surface area contributed by atoms with Crippen LogP contribution in [0.25, 0.3) is 0 Å². The zero-order valence-electron chi connectivity index (χ0n) is 11.4. The second-order valence-electron chi connectivity index (χ2n) is 5.12. The number of benzene rings is 1. The molecule has 0 aliphatic carbocycles. The van der Waals surface area contributed by atoms with Crippen LogP contribution in [0, 0.1) is 0 Å². The molecule has 1 unspecified atom stereocenters. The van der Waals surface area contributed by atoms with Crippen LogP contribution in [0.4, 0.5) is 0 Å². The molecule has 0 bridgehead atoms. The number of esters is 1. The van der Waals surface area contributed by atoms with Crippen LogP contribution >= 0.6 is 0 Å². The predicted octanol–water partition coefficient (Wildman–Crippen LogP) is 1.37. The van der Waals surface area contributed by atoms with Gasteiger partial charge in [-0.05, 0) is 31.5 Å². The SMILES string of the molecule is COC(=O)C(CN1CCC(N)CC1)c1ccccc1. The summed E-state index contributed by atoms with van der Waals surface area (Å²) in [7, 11) is 1.45. The Morgan fingerprint density at radius 3 is 2.58 bits per heavy atom. The van der Waals surface area contributed by atoms with E-state index in [2.05, 4.69) is 4.90 Å². The van der Waals surface area contributed by atoms with Gasteiger partial charge in [0.25, 0.3) is 0 Å². The van der Waals surface area contributed by atoms with Gasteiger partial charge in [0.15, 0.2) is 0 Å². The van der Waals surface area contributed by atoms with Gasteiger partial charge < -0.3 is 15.4 Å². The Labute approximate surface area is 114 Å². The number of ether oxygens (including phenoxy) is 1. The van der Waals surface area contributed by atoms with Crippen molar-refractivity contribution in [3.63, 3.8) is 0 Å². The summed E-state index contributed by atoms with van der Waals surface area (Å²) in [6.07, 6.45) is 2.01. The fraction of sp³-hybridized carbons (Fsp3) is 0.533. The van der Waals surface area contributed by atoms with E-state index in [1.165, 1.54) is 7.11 Å². The molecule has 1 aromatic rings. The quantitative estimate of drug-likeness (QED) is 0.833. The van der Waals surface area contributed by atoms with Gasteiger partial charge in [-0.2, -0.15) is 0 Å². The number of carbonyl (C=O) groups is 1. The summed E-state index contributed by atoms with van der Waals surface area (Å²) in [6, 6.07) is 10.1. The van der Waals surface area contributed by atoms with Crippen molar-refractivity contribution in [3.8, 4) is 0 Å². The van der Waals surface area contributed by atoms with Crippen molar-refractivity contribution in [1.29, 1.82) is 0 Å². The first kappa shape index (κ1) is 14.0. The molecule has 19 heavy (non-hydrogen) atoms.